The average Bonchev–Trinajstić information content (AvgIpc) is 2.45. The van der Waals surface area contributed by atoms with Gasteiger partial charge in [0, 0.05) is 5.92 Å². The maximum Gasteiger partial charge on any atom is 0.0122 e. The van der Waals surface area contributed by atoms with E-state index in [1.807, 2.05) is 0 Å². The molecule has 1 fully saturated rings. The minimum atomic E-state index is 0.589. The average molecular weight is 277 g/mol. The topological polar surface area (TPSA) is 0 Å². The van der Waals surface area contributed by atoms with Crippen molar-refractivity contribution >= 4 is 0 Å². The van der Waals surface area contributed by atoms with Crippen molar-refractivity contribution in [3.05, 3.63) is 77.2 Å². The Bertz CT molecular complexity index is 564. The van der Waals surface area contributed by atoms with E-state index in [1.165, 1.54) is 30.4 Å². The lowest BCUT2D eigenvalue weighted by Crippen LogP contribution is -2.17. The van der Waals surface area contributed by atoms with Gasteiger partial charge in [0.15, 0.2) is 0 Å². The molecule has 0 heterocycles. The van der Waals surface area contributed by atoms with E-state index in [4.69, 9.17) is 0 Å². The normalized spacial score (nSPS) is 15.4. The Balaban J connectivity index is 1.90. The van der Waals surface area contributed by atoms with E-state index in [9.17, 15) is 0 Å². The van der Waals surface area contributed by atoms with Crippen LogP contribution >= 0.6 is 0 Å². The van der Waals surface area contributed by atoms with Crippen LogP contribution in [-0.2, 0) is 6.42 Å². The molecule has 0 unspecified atom stereocenters. The fourth-order valence-electron chi connectivity index (χ4n) is 3.29. The SMILES string of the molecule is CC(C)[C](Cc1ccccc1)c1ccccc1C1CCC1. The van der Waals surface area contributed by atoms with Crippen molar-refractivity contribution in [1.82, 2.24) is 0 Å². The molecule has 1 radical (unpaired) electrons. The van der Waals surface area contributed by atoms with Crippen LogP contribution in [0.15, 0.2) is 54.6 Å². The van der Waals surface area contributed by atoms with E-state index in [-0.39, 0.29) is 0 Å². The molecule has 0 heteroatoms. The molecule has 0 atom stereocenters. The molecule has 0 spiro atoms. The van der Waals surface area contributed by atoms with Crippen molar-refractivity contribution in [2.75, 3.05) is 0 Å². The summed E-state index contributed by atoms with van der Waals surface area (Å²) in [7, 11) is 0. The van der Waals surface area contributed by atoms with Gasteiger partial charge in [0.25, 0.3) is 0 Å². The van der Waals surface area contributed by atoms with Crippen LogP contribution in [0.4, 0.5) is 0 Å². The third kappa shape index (κ3) is 3.20. The Morgan fingerprint density at radius 2 is 1.62 bits per heavy atom. The zero-order valence-corrected chi connectivity index (χ0v) is 13.2. The van der Waals surface area contributed by atoms with Gasteiger partial charge in [-0.2, -0.15) is 0 Å². The van der Waals surface area contributed by atoms with Gasteiger partial charge in [0.05, 0.1) is 0 Å². The molecule has 1 saturated carbocycles. The molecule has 0 nitrogen and oxygen atoms in total. The van der Waals surface area contributed by atoms with Crippen molar-refractivity contribution in [1.29, 1.82) is 0 Å². The summed E-state index contributed by atoms with van der Waals surface area (Å²) in [5, 5.41) is 0. The van der Waals surface area contributed by atoms with Gasteiger partial charge in [-0.25, -0.2) is 0 Å². The van der Waals surface area contributed by atoms with Gasteiger partial charge < -0.3 is 0 Å². The largest absolute Gasteiger partial charge is 0.0622 e. The third-order valence-electron chi connectivity index (χ3n) is 4.79. The molecule has 109 valence electrons. The number of rotatable bonds is 5. The molecule has 21 heavy (non-hydrogen) atoms. The van der Waals surface area contributed by atoms with Gasteiger partial charge in [-0.15, -0.1) is 0 Å². The lowest BCUT2D eigenvalue weighted by molar-refractivity contribution is 0.416. The van der Waals surface area contributed by atoms with Crippen molar-refractivity contribution in [2.24, 2.45) is 5.92 Å². The number of benzene rings is 2. The Morgan fingerprint density at radius 3 is 2.24 bits per heavy atom. The summed E-state index contributed by atoms with van der Waals surface area (Å²) in [5.41, 5.74) is 4.52. The van der Waals surface area contributed by atoms with Crippen LogP contribution < -0.4 is 0 Å². The highest BCUT2D eigenvalue weighted by Gasteiger charge is 2.26. The van der Waals surface area contributed by atoms with E-state index in [2.05, 4.69) is 68.4 Å². The van der Waals surface area contributed by atoms with Gasteiger partial charge in [-0.3, -0.25) is 0 Å². The maximum absolute atomic E-state index is 2.35. The molecule has 3 rings (SSSR count). The van der Waals surface area contributed by atoms with E-state index in [0.29, 0.717) is 5.92 Å². The summed E-state index contributed by atoms with van der Waals surface area (Å²) in [6.45, 7) is 4.66. The van der Waals surface area contributed by atoms with E-state index < -0.39 is 0 Å². The van der Waals surface area contributed by atoms with Gasteiger partial charge in [-0.1, -0.05) is 74.9 Å². The second kappa shape index (κ2) is 6.47. The Morgan fingerprint density at radius 1 is 0.952 bits per heavy atom. The monoisotopic (exact) mass is 277 g/mol. The predicted molar refractivity (Wildman–Crippen MR) is 90.4 cm³/mol. The zero-order chi connectivity index (χ0) is 14.7. The van der Waals surface area contributed by atoms with Crippen molar-refractivity contribution in [2.45, 2.75) is 45.4 Å². The summed E-state index contributed by atoms with van der Waals surface area (Å²) in [6.07, 6.45) is 5.21. The van der Waals surface area contributed by atoms with E-state index in [1.54, 1.807) is 11.5 Å². The quantitative estimate of drug-likeness (QED) is 0.650. The fraction of sp³-hybridized carbons (Fsp3) is 0.381. The van der Waals surface area contributed by atoms with Crippen molar-refractivity contribution in [3.8, 4) is 0 Å². The summed E-state index contributed by atoms with van der Waals surface area (Å²) in [6, 6.07) is 20.0. The molecule has 1 aliphatic carbocycles. The molecule has 0 saturated heterocycles. The third-order valence-corrected chi connectivity index (χ3v) is 4.79. The minimum Gasteiger partial charge on any atom is -0.0622 e. The predicted octanol–water partition coefficient (Wildman–Crippen LogP) is 5.78. The first-order valence-electron chi connectivity index (χ1n) is 8.24. The summed E-state index contributed by atoms with van der Waals surface area (Å²) in [5.74, 6) is 2.97. The van der Waals surface area contributed by atoms with Crippen molar-refractivity contribution in [3.63, 3.8) is 0 Å². The smallest absolute Gasteiger partial charge is 0.0122 e. The first kappa shape index (κ1) is 14.4. The molecule has 0 bridgehead atoms. The van der Waals surface area contributed by atoms with E-state index >= 15 is 0 Å². The zero-order valence-electron chi connectivity index (χ0n) is 13.2. The molecular formula is C21H25. The standard InChI is InChI=1S/C21H25/c1-16(2)21(15-17-9-4-3-5-10-17)20-14-7-6-13-19(20)18-11-8-12-18/h3-7,9-10,13-14,16,18H,8,11-12,15H2,1-2H3. The van der Waals surface area contributed by atoms with Gasteiger partial charge >= 0.3 is 0 Å². The van der Waals surface area contributed by atoms with Crippen LogP contribution in [0.2, 0.25) is 0 Å². The summed E-state index contributed by atoms with van der Waals surface area (Å²) in [4.78, 5) is 0. The lowest BCUT2D eigenvalue weighted by Gasteiger charge is -2.31. The molecule has 2 aromatic carbocycles. The molecule has 1 aliphatic rings. The van der Waals surface area contributed by atoms with Gasteiger partial charge in [-0.05, 0) is 47.8 Å². The van der Waals surface area contributed by atoms with Gasteiger partial charge in [0.2, 0.25) is 0 Å². The van der Waals surface area contributed by atoms with Crippen molar-refractivity contribution < 1.29 is 0 Å². The van der Waals surface area contributed by atoms with Crippen LogP contribution in [0.1, 0.15) is 55.7 Å². The Labute approximate surface area is 129 Å². The van der Waals surface area contributed by atoms with Crippen LogP contribution in [0.5, 0.6) is 0 Å². The summed E-state index contributed by atoms with van der Waals surface area (Å²) >= 11 is 0. The molecule has 2 aromatic rings. The van der Waals surface area contributed by atoms with Crippen LogP contribution in [-0.4, -0.2) is 0 Å². The molecular weight excluding hydrogens is 252 g/mol. The molecule has 0 N–H and O–H groups in total. The molecule has 0 aromatic heterocycles. The van der Waals surface area contributed by atoms with Crippen LogP contribution in [0.25, 0.3) is 0 Å². The first-order valence-corrected chi connectivity index (χ1v) is 8.24. The second-order valence-corrected chi connectivity index (χ2v) is 6.56. The molecule has 0 amide bonds. The highest BCUT2D eigenvalue weighted by atomic mass is 14.3. The Kier molecular flexibility index (Phi) is 4.43. The lowest BCUT2D eigenvalue weighted by atomic mass is 9.73. The van der Waals surface area contributed by atoms with E-state index in [0.717, 1.165) is 12.3 Å². The van der Waals surface area contributed by atoms with Crippen LogP contribution in [0.3, 0.4) is 0 Å². The summed E-state index contributed by atoms with van der Waals surface area (Å²) < 4.78 is 0. The molecule has 0 aliphatic heterocycles. The first-order chi connectivity index (χ1) is 10.3. The second-order valence-electron chi connectivity index (χ2n) is 6.56. The van der Waals surface area contributed by atoms with Crippen LogP contribution in [0, 0.1) is 11.8 Å². The highest BCUT2D eigenvalue weighted by Crippen LogP contribution is 2.41. The Hall–Kier alpha value is -1.56. The number of hydrogen-bond acceptors (Lipinski definition) is 0. The minimum absolute atomic E-state index is 0.589. The number of hydrogen-bond donors (Lipinski definition) is 0. The highest BCUT2D eigenvalue weighted by molar-refractivity contribution is 5.44. The maximum atomic E-state index is 2.35. The van der Waals surface area contributed by atoms with Gasteiger partial charge in [0.1, 0.15) is 0 Å². The fourth-order valence-corrected chi connectivity index (χ4v) is 3.29.